The molecule has 3 heterocycles. The second kappa shape index (κ2) is 9.98. The number of urea groups is 1. The van der Waals surface area contributed by atoms with Crippen LogP contribution in [0.5, 0.6) is 5.75 Å². The first kappa shape index (κ1) is 26.7. The molecule has 5 rings (SSSR count). The first-order valence-electron chi connectivity index (χ1n) is 11.9. The maximum atomic E-state index is 12.7. The quantitative estimate of drug-likeness (QED) is 0.328. The number of aromatic nitrogens is 2. The van der Waals surface area contributed by atoms with Gasteiger partial charge in [-0.05, 0) is 50.2 Å². The summed E-state index contributed by atoms with van der Waals surface area (Å²) in [6.07, 6.45) is -5.76. The van der Waals surface area contributed by atoms with Crippen molar-refractivity contribution in [2.45, 2.75) is 38.6 Å². The largest absolute Gasteiger partial charge is 0.493 e. The van der Waals surface area contributed by atoms with Crippen molar-refractivity contribution in [1.29, 1.82) is 0 Å². The van der Waals surface area contributed by atoms with Crippen LogP contribution in [0, 0.1) is 6.92 Å². The molecule has 2 aromatic heterocycles. The van der Waals surface area contributed by atoms with E-state index < -0.39 is 29.6 Å². The summed E-state index contributed by atoms with van der Waals surface area (Å²) in [4.78, 5) is 44.5. The monoisotopic (exact) mass is 554 g/mol. The van der Waals surface area contributed by atoms with E-state index in [-0.39, 0.29) is 17.2 Å². The molecule has 2 aromatic carbocycles. The molecule has 4 aromatic rings. The van der Waals surface area contributed by atoms with Crippen LogP contribution in [0.1, 0.15) is 23.9 Å². The minimum atomic E-state index is -5.37. The molecule has 1 fully saturated rings. The van der Waals surface area contributed by atoms with E-state index in [1.54, 1.807) is 24.3 Å². The molecule has 0 aliphatic carbocycles. The Bertz CT molecular complexity index is 1620. The molecule has 3 amide bonds. The molecule has 1 atom stereocenters. The number of halogens is 3. The Morgan fingerprint density at radius 3 is 2.55 bits per heavy atom. The topological polar surface area (TPSA) is 124 Å². The van der Waals surface area contributed by atoms with Crippen LogP contribution in [0.15, 0.2) is 65.2 Å². The molecular weight excluding hydrogens is 533 g/mol. The maximum absolute atomic E-state index is 12.7. The Labute approximate surface area is 224 Å². The van der Waals surface area contributed by atoms with Gasteiger partial charge in [-0.2, -0.15) is 13.2 Å². The Balaban J connectivity index is 1.28. The fourth-order valence-electron chi connectivity index (χ4n) is 4.30. The van der Waals surface area contributed by atoms with Crippen molar-refractivity contribution in [2.75, 3.05) is 0 Å². The van der Waals surface area contributed by atoms with Gasteiger partial charge in [0.05, 0.1) is 11.2 Å². The number of benzene rings is 2. The molecule has 1 aliphatic heterocycles. The highest BCUT2D eigenvalue weighted by Gasteiger charge is 2.55. The van der Waals surface area contributed by atoms with Crippen molar-refractivity contribution in [2.24, 2.45) is 0 Å². The number of hydrogen-bond acceptors (Lipinski definition) is 8. The van der Waals surface area contributed by atoms with E-state index in [0.29, 0.717) is 23.7 Å². The molecule has 0 radical (unpaired) electrons. The minimum absolute atomic E-state index is 0.0686. The molecule has 206 valence electrons. The highest BCUT2D eigenvalue weighted by Crippen LogP contribution is 2.31. The number of amides is 3. The number of hydroxylamine groups is 2. The van der Waals surface area contributed by atoms with Crippen molar-refractivity contribution in [3.63, 3.8) is 0 Å². The van der Waals surface area contributed by atoms with Gasteiger partial charge in [-0.3, -0.25) is 15.1 Å². The molecule has 0 bridgehead atoms. The third-order valence-corrected chi connectivity index (χ3v) is 6.30. The van der Waals surface area contributed by atoms with E-state index in [1.807, 2.05) is 42.6 Å². The van der Waals surface area contributed by atoms with Crippen LogP contribution in [0.25, 0.3) is 22.2 Å². The lowest BCUT2D eigenvalue weighted by molar-refractivity contribution is -0.237. The van der Waals surface area contributed by atoms with Gasteiger partial charge in [0.1, 0.15) is 12.4 Å². The van der Waals surface area contributed by atoms with Crippen molar-refractivity contribution >= 4 is 28.8 Å². The highest BCUT2D eigenvalue weighted by molar-refractivity contribution is 6.06. The van der Waals surface area contributed by atoms with E-state index in [4.69, 9.17) is 9.26 Å². The number of imide groups is 1. The number of nitrogens with one attached hydrogen (secondary N) is 1. The average molecular weight is 554 g/mol. The maximum Gasteiger partial charge on any atom is 0.493 e. The Morgan fingerprint density at radius 1 is 1.10 bits per heavy atom. The van der Waals surface area contributed by atoms with Gasteiger partial charge in [0.2, 0.25) is 0 Å². The smallest absolute Gasteiger partial charge is 0.489 e. The number of aryl methyl sites for hydroxylation is 1. The highest BCUT2D eigenvalue weighted by atomic mass is 19.4. The van der Waals surface area contributed by atoms with E-state index in [1.165, 1.54) is 6.07 Å². The van der Waals surface area contributed by atoms with Crippen LogP contribution in [-0.2, 0) is 27.5 Å². The number of fused-ring (bicyclic) bond motifs is 1. The van der Waals surface area contributed by atoms with Gasteiger partial charge in [0.25, 0.3) is 5.91 Å². The lowest BCUT2D eigenvalue weighted by atomic mass is 9.95. The van der Waals surface area contributed by atoms with Crippen molar-refractivity contribution in [3.05, 3.63) is 77.6 Å². The number of hydrogen-bond donors (Lipinski definition) is 1. The normalized spacial score (nSPS) is 17.3. The first-order chi connectivity index (χ1) is 18.9. The molecule has 13 heteroatoms. The summed E-state index contributed by atoms with van der Waals surface area (Å²) in [5, 5.41) is 6.78. The number of alkyl halides is 3. The van der Waals surface area contributed by atoms with E-state index in [0.717, 1.165) is 29.1 Å². The van der Waals surface area contributed by atoms with Crippen LogP contribution in [-0.4, -0.2) is 44.8 Å². The number of pyridine rings is 1. The van der Waals surface area contributed by atoms with Gasteiger partial charge >= 0.3 is 18.2 Å². The van der Waals surface area contributed by atoms with Gasteiger partial charge in [-0.25, -0.2) is 9.59 Å². The zero-order chi connectivity index (χ0) is 28.7. The summed E-state index contributed by atoms with van der Waals surface area (Å²) < 4.78 is 49.4. The fourth-order valence-corrected chi connectivity index (χ4v) is 4.30. The van der Waals surface area contributed by atoms with Crippen LogP contribution in [0.4, 0.5) is 18.0 Å². The van der Waals surface area contributed by atoms with Gasteiger partial charge in [0.15, 0.2) is 11.3 Å². The van der Waals surface area contributed by atoms with E-state index in [2.05, 4.69) is 15.0 Å². The lowest BCUT2D eigenvalue weighted by Crippen LogP contribution is -2.51. The van der Waals surface area contributed by atoms with Gasteiger partial charge < -0.3 is 14.1 Å². The van der Waals surface area contributed by atoms with E-state index >= 15 is 0 Å². The summed E-state index contributed by atoms with van der Waals surface area (Å²) in [6, 6.07) is 16.8. The Hall–Kier alpha value is -4.94. The molecule has 0 saturated carbocycles. The molecule has 0 spiro atoms. The second-order valence-electron chi connectivity index (χ2n) is 9.32. The Morgan fingerprint density at radius 2 is 1.82 bits per heavy atom. The summed E-state index contributed by atoms with van der Waals surface area (Å²) in [6.45, 7) is 3.38. The van der Waals surface area contributed by atoms with Gasteiger partial charge in [0, 0.05) is 34.7 Å². The van der Waals surface area contributed by atoms with Crippen molar-refractivity contribution < 1.29 is 41.7 Å². The number of rotatable bonds is 7. The molecule has 10 nitrogen and oxygen atoms in total. The van der Waals surface area contributed by atoms with Crippen molar-refractivity contribution in [3.8, 4) is 17.1 Å². The number of carbonyl (C=O) groups is 3. The third-order valence-electron chi connectivity index (χ3n) is 6.30. The summed E-state index contributed by atoms with van der Waals surface area (Å²) >= 11 is 0. The summed E-state index contributed by atoms with van der Waals surface area (Å²) in [5.41, 5.74) is 1.50. The van der Waals surface area contributed by atoms with Gasteiger partial charge in [-0.1, -0.05) is 23.4 Å². The van der Waals surface area contributed by atoms with Crippen LogP contribution >= 0.6 is 0 Å². The fraction of sp³-hybridized carbons (Fsp3) is 0.222. The van der Waals surface area contributed by atoms with Crippen molar-refractivity contribution in [1.82, 2.24) is 20.5 Å². The predicted octanol–water partition coefficient (Wildman–Crippen LogP) is 4.65. The van der Waals surface area contributed by atoms with E-state index in [9.17, 15) is 27.6 Å². The number of ether oxygens (including phenoxy) is 1. The van der Waals surface area contributed by atoms with Crippen LogP contribution < -0.4 is 10.1 Å². The Kier molecular flexibility index (Phi) is 6.65. The predicted molar refractivity (Wildman–Crippen MR) is 132 cm³/mol. The summed E-state index contributed by atoms with van der Waals surface area (Å²) in [5.74, 6) is -2.71. The number of nitrogens with zero attached hydrogens (tertiary/aromatic N) is 3. The lowest BCUT2D eigenvalue weighted by Gasteiger charge is -2.28. The standard InChI is InChI=1S/C27H21F3N4O6/c1-15-11-17(20-5-3-4-6-21(20)31-15)14-38-19-9-7-16(8-10-19)22-12-18(33-39-22)13-26(2)23(35)32-25(37)34(26)40-24(36)27(28,29)30/h3-12H,13-14H2,1-2H3,(H,32,35,37). The third kappa shape index (κ3) is 5.17. The van der Waals surface area contributed by atoms with Gasteiger partial charge in [-0.15, -0.1) is 5.06 Å². The minimum Gasteiger partial charge on any atom is -0.489 e. The number of carbonyl (C=O) groups excluding carboxylic acids is 3. The molecule has 1 unspecified atom stereocenters. The molecule has 1 aliphatic rings. The average Bonchev–Trinajstić information content (AvgIpc) is 3.45. The molecule has 1 saturated heterocycles. The van der Waals surface area contributed by atoms with Crippen LogP contribution in [0.2, 0.25) is 0 Å². The molecule has 1 N–H and O–H groups in total. The second-order valence-corrected chi connectivity index (χ2v) is 9.32. The zero-order valence-corrected chi connectivity index (χ0v) is 21.1. The summed E-state index contributed by atoms with van der Waals surface area (Å²) in [7, 11) is 0. The van der Waals surface area contributed by atoms with Crippen LogP contribution in [0.3, 0.4) is 0 Å². The molecular formula is C27H21F3N4O6. The SMILES string of the molecule is Cc1cc(COc2ccc(-c3cc(CC4(C)C(=O)NC(=O)N4OC(=O)C(F)(F)F)no3)cc2)c2ccccc2n1. The number of para-hydroxylation sites is 1. The zero-order valence-electron chi connectivity index (χ0n) is 21.1. The molecule has 40 heavy (non-hydrogen) atoms. The first-order valence-corrected chi connectivity index (χ1v) is 11.9.